The number of urea groups is 2. The molecule has 4 heterocycles. The summed E-state index contributed by atoms with van der Waals surface area (Å²) in [6.45, 7) is 1.64. The highest BCUT2D eigenvalue weighted by atomic mass is 16.5. The van der Waals surface area contributed by atoms with Gasteiger partial charge < -0.3 is 24.7 Å². The lowest BCUT2D eigenvalue weighted by Gasteiger charge is -2.29. The molecule has 6 rings (SSSR count). The number of carbonyl (C=O) groups excluding carboxylic acids is 5. The van der Waals surface area contributed by atoms with E-state index < -0.39 is 35.0 Å². The third-order valence-electron chi connectivity index (χ3n) is 7.12. The number of rotatable bonds is 5. The lowest BCUT2D eigenvalue weighted by molar-refractivity contribution is -0.125. The first kappa shape index (κ1) is 22.6. The summed E-state index contributed by atoms with van der Waals surface area (Å²) in [6, 6.07) is 10.4. The summed E-state index contributed by atoms with van der Waals surface area (Å²) >= 11 is 0. The number of hydrogen-bond donors (Lipinski definition) is 4. The SMILES string of the molecule is COc1ccc2c(c1)C(=O)N(C[C@@]1(c3cc4cc(C5(C)NC(=O)NC5=O)ccc4o3)NC(=O)NC1=O)C2. The lowest BCUT2D eigenvalue weighted by atomic mass is 9.91. The molecule has 3 aromatic rings. The maximum absolute atomic E-state index is 13.2. The van der Waals surface area contributed by atoms with Gasteiger partial charge in [0, 0.05) is 17.5 Å². The Balaban J connectivity index is 1.38. The fourth-order valence-electron chi connectivity index (χ4n) is 5.05. The van der Waals surface area contributed by atoms with Gasteiger partial charge in [0.2, 0.25) is 0 Å². The molecular weight excluding hydrogens is 482 g/mol. The Kier molecular flexibility index (Phi) is 4.62. The van der Waals surface area contributed by atoms with Crippen LogP contribution in [0.15, 0.2) is 46.9 Å². The predicted octanol–water partition coefficient (Wildman–Crippen LogP) is 1.19. The normalized spacial score (nSPS) is 24.7. The summed E-state index contributed by atoms with van der Waals surface area (Å²) in [5.74, 6) is -0.814. The van der Waals surface area contributed by atoms with Crippen LogP contribution in [0.5, 0.6) is 5.75 Å². The Morgan fingerprint density at radius 1 is 0.946 bits per heavy atom. The van der Waals surface area contributed by atoms with E-state index in [1.54, 1.807) is 49.4 Å². The largest absolute Gasteiger partial charge is 0.497 e. The second kappa shape index (κ2) is 7.56. The highest BCUT2D eigenvalue weighted by Crippen LogP contribution is 2.36. The average molecular weight is 503 g/mol. The Hall–Kier alpha value is -4.87. The van der Waals surface area contributed by atoms with Crippen molar-refractivity contribution in [2.45, 2.75) is 24.5 Å². The van der Waals surface area contributed by atoms with Crippen LogP contribution in [0.3, 0.4) is 0 Å². The maximum atomic E-state index is 13.2. The number of hydrogen-bond acceptors (Lipinski definition) is 7. The molecule has 4 N–H and O–H groups in total. The molecule has 3 aliphatic rings. The molecule has 7 amide bonds. The Labute approximate surface area is 209 Å². The average Bonchev–Trinajstić information content (AvgIpc) is 3.57. The number of imide groups is 2. The molecule has 2 atom stereocenters. The minimum atomic E-state index is -1.68. The first-order valence-corrected chi connectivity index (χ1v) is 11.4. The number of carbonyl (C=O) groups is 5. The van der Waals surface area contributed by atoms with E-state index in [0.29, 0.717) is 27.8 Å². The molecule has 1 unspecified atom stereocenters. The lowest BCUT2D eigenvalue weighted by Crippen LogP contribution is -2.52. The molecule has 0 spiro atoms. The molecule has 2 fully saturated rings. The summed E-state index contributed by atoms with van der Waals surface area (Å²) in [6.07, 6.45) is 0. The van der Waals surface area contributed by atoms with Crippen LogP contribution in [-0.4, -0.2) is 48.3 Å². The molecule has 0 radical (unpaired) electrons. The Morgan fingerprint density at radius 3 is 2.38 bits per heavy atom. The van der Waals surface area contributed by atoms with E-state index in [0.717, 1.165) is 5.56 Å². The first-order valence-electron chi connectivity index (χ1n) is 11.4. The van der Waals surface area contributed by atoms with Crippen molar-refractivity contribution in [1.82, 2.24) is 26.2 Å². The van der Waals surface area contributed by atoms with Crippen molar-refractivity contribution in [2.24, 2.45) is 0 Å². The van der Waals surface area contributed by atoms with E-state index in [-0.39, 0.29) is 24.8 Å². The molecule has 188 valence electrons. The van der Waals surface area contributed by atoms with Gasteiger partial charge in [-0.25, -0.2) is 9.59 Å². The number of methoxy groups -OCH3 is 1. The van der Waals surface area contributed by atoms with Crippen molar-refractivity contribution in [3.8, 4) is 5.75 Å². The van der Waals surface area contributed by atoms with Crippen LogP contribution >= 0.6 is 0 Å². The minimum absolute atomic E-state index is 0.120. The quantitative estimate of drug-likeness (QED) is 0.381. The van der Waals surface area contributed by atoms with Crippen molar-refractivity contribution in [2.75, 3.05) is 13.7 Å². The van der Waals surface area contributed by atoms with E-state index in [2.05, 4.69) is 21.3 Å². The van der Waals surface area contributed by atoms with Crippen LogP contribution in [0.1, 0.15) is 34.2 Å². The van der Waals surface area contributed by atoms with Gasteiger partial charge in [0.05, 0.1) is 13.7 Å². The molecule has 0 saturated carbocycles. The number of nitrogens with zero attached hydrogens (tertiary/aromatic N) is 1. The van der Waals surface area contributed by atoms with Gasteiger partial charge in [-0.15, -0.1) is 0 Å². The van der Waals surface area contributed by atoms with Crippen LogP contribution in [0, 0.1) is 0 Å². The van der Waals surface area contributed by atoms with Gasteiger partial charge in [-0.3, -0.25) is 25.0 Å². The molecule has 37 heavy (non-hydrogen) atoms. The third-order valence-corrected chi connectivity index (χ3v) is 7.12. The van der Waals surface area contributed by atoms with Crippen LogP contribution < -0.4 is 26.0 Å². The standard InChI is InChI=1S/C25H21N5O7/c1-24(20(32)26-22(34)28-24)14-4-6-17-13(7-14)8-18(37-17)25(21(33)27-23(35)29-25)11-30-10-12-3-5-15(36-2)9-16(12)19(30)31/h3-9H,10-11H2,1-2H3,(H2,26,28,32,34)(H2,27,29,33,35)/t24?,25-/m0/s1. The van der Waals surface area contributed by atoms with E-state index in [4.69, 9.17) is 9.15 Å². The van der Waals surface area contributed by atoms with Gasteiger partial charge >= 0.3 is 12.1 Å². The molecule has 2 saturated heterocycles. The topological polar surface area (TPSA) is 159 Å². The fraction of sp³-hybridized carbons (Fsp3) is 0.240. The van der Waals surface area contributed by atoms with Crippen molar-refractivity contribution < 1.29 is 33.1 Å². The number of furan rings is 1. The van der Waals surface area contributed by atoms with Gasteiger partial charge in [0.15, 0.2) is 5.54 Å². The summed E-state index contributed by atoms with van der Waals surface area (Å²) in [7, 11) is 1.51. The first-order chi connectivity index (χ1) is 17.6. The van der Waals surface area contributed by atoms with E-state index in [1.165, 1.54) is 12.0 Å². The molecule has 12 heteroatoms. The van der Waals surface area contributed by atoms with Gasteiger partial charge in [0.1, 0.15) is 22.6 Å². The smallest absolute Gasteiger partial charge is 0.322 e. The molecule has 12 nitrogen and oxygen atoms in total. The zero-order valence-electron chi connectivity index (χ0n) is 19.8. The Bertz CT molecular complexity index is 1560. The zero-order valence-corrected chi connectivity index (χ0v) is 19.8. The van der Waals surface area contributed by atoms with Crippen LogP contribution in [0.4, 0.5) is 9.59 Å². The summed E-state index contributed by atoms with van der Waals surface area (Å²) in [5, 5.41) is 10.3. The van der Waals surface area contributed by atoms with E-state index in [1.807, 2.05) is 0 Å². The van der Waals surface area contributed by atoms with Gasteiger partial charge in [-0.1, -0.05) is 12.1 Å². The maximum Gasteiger partial charge on any atom is 0.322 e. The molecule has 0 bridgehead atoms. The molecular formula is C25H21N5O7. The van der Waals surface area contributed by atoms with Crippen molar-refractivity contribution in [3.63, 3.8) is 0 Å². The van der Waals surface area contributed by atoms with Crippen molar-refractivity contribution >= 4 is 40.8 Å². The highest BCUT2D eigenvalue weighted by molar-refractivity contribution is 6.09. The second-order valence-corrected chi connectivity index (χ2v) is 9.39. The fourth-order valence-corrected chi connectivity index (χ4v) is 5.05. The number of ether oxygens (including phenoxy) is 1. The van der Waals surface area contributed by atoms with Gasteiger partial charge in [-0.05, 0) is 48.4 Å². The Morgan fingerprint density at radius 2 is 1.70 bits per heavy atom. The van der Waals surface area contributed by atoms with E-state index >= 15 is 0 Å². The summed E-state index contributed by atoms with van der Waals surface area (Å²) in [5.41, 5.74) is -0.844. The number of fused-ring (bicyclic) bond motifs is 2. The number of amides is 7. The van der Waals surface area contributed by atoms with Crippen molar-refractivity contribution in [1.29, 1.82) is 0 Å². The number of nitrogens with one attached hydrogen (secondary N) is 4. The minimum Gasteiger partial charge on any atom is -0.497 e. The highest BCUT2D eigenvalue weighted by Gasteiger charge is 2.53. The zero-order chi connectivity index (χ0) is 26.1. The number of benzene rings is 2. The van der Waals surface area contributed by atoms with Crippen LogP contribution in [-0.2, 0) is 27.2 Å². The van der Waals surface area contributed by atoms with Crippen LogP contribution in [0.25, 0.3) is 11.0 Å². The third kappa shape index (κ3) is 3.25. The van der Waals surface area contributed by atoms with Gasteiger partial charge in [-0.2, -0.15) is 0 Å². The molecule has 3 aliphatic heterocycles. The molecule has 1 aromatic heterocycles. The van der Waals surface area contributed by atoms with Crippen molar-refractivity contribution in [3.05, 3.63) is 64.9 Å². The van der Waals surface area contributed by atoms with Crippen LogP contribution in [0.2, 0.25) is 0 Å². The molecule has 0 aliphatic carbocycles. The second-order valence-electron chi connectivity index (χ2n) is 9.39. The predicted molar refractivity (Wildman–Crippen MR) is 126 cm³/mol. The monoisotopic (exact) mass is 503 g/mol. The molecule has 2 aromatic carbocycles. The summed E-state index contributed by atoms with van der Waals surface area (Å²) in [4.78, 5) is 64.2. The van der Waals surface area contributed by atoms with E-state index in [9.17, 15) is 24.0 Å². The van der Waals surface area contributed by atoms with Gasteiger partial charge in [0.25, 0.3) is 17.7 Å². The summed E-state index contributed by atoms with van der Waals surface area (Å²) < 4.78 is 11.2.